The van der Waals surface area contributed by atoms with Gasteiger partial charge in [0, 0.05) is 11.9 Å². The SMILES string of the molecule is COC(=O)C(C(=O)OC)C(=O)C1(n2cccc2-c2ccc(F)cc2)CCCC1. The number of hydrogen-bond acceptors (Lipinski definition) is 5. The number of carbonyl (C=O) groups excluding carboxylic acids is 3. The van der Waals surface area contributed by atoms with Crippen molar-refractivity contribution in [2.45, 2.75) is 31.2 Å². The van der Waals surface area contributed by atoms with E-state index < -0.39 is 29.2 Å². The van der Waals surface area contributed by atoms with E-state index in [9.17, 15) is 18.8 Å². The minimum absolute atomic E-state index is 0.357. The van der Waals surface area contributed by atoms with Crippen LogP contribution in [0.4, 0.5) is 4.39 Å². The molecule has 0 unspecified atom stereocenters. The van der Waals surface area contributed by atoms with Crippen LogP contribution in [0.15, 0.2) is 42.6 Å². The lowest BCUT2D eigenvalue weighted by Crippen LogP contribution is -2.48. The first-order valence-corrected chi connectivity index (χ1v) is 9.08. The van der Waals surface area contributed by atoms with Gasteiger partial charge in [0.2, 0.25) is 5.92 Å². The van der Waals surface area contributed by atoms with Crippen molar-refractivity contribution >= 4 is 17.7 Å². The summed E-state index contributed by atoms with van der Waals surface area (Å²) in [6.45, 7) is 0. The second-order valence-electron chi connectivity index (χ2n) is 6.85. The largest absolute Gasteiger partial charge is 0.468 e. The topological polar surface area (TPSA) is 74.6 Å². The Hall–Kier alpha value is -2.96. The second kappa shape index (κ2) is 7.96. The van der Waals surface area contributed by atoms with Crippen LogP contribution in [0.3, 0.4) is 0 Å². The first kappa shape index (κ1) is 19.8. The lowest BCUT2D eigenvalue weighted by atomic mass is 9.83. The van der Waals surface area contributed by atoms with Gasteiger partial charge < -0.3 is 14.0 Å². The Kier molecular flexibility index (Phi) is 5.63. The van der Waals surface area contributed by atoms with E-state index in [1.807, 2.05) is 6.07 Å². The van der Waals surface area contributed by atoms with Crippen LogP contribution in [0, 0.1) is 11.7 Å². The maximum atomic E-state index is 13.5. The van der Waals surface area contributed by atoms with Crippen LogP contribution in [0.5, 0.6) is 0 Å². The second-order valence-corrected chi connectivity index (χ2v) is 6.85. The molecule has 0 radical (unpaired) electrons. The molecule has 0 bridgehead atoms. The number of methoxy groups -OCH3 is 2. The summed E-state index contributed by atoms with van der Waals surface area (Å²) in [6, 6.07) is 9.57. The number of hydrogen-bond donors (Lipinski definition) is 0. The number of Topliss-reactive ketones (excluding diaryl/α,β-unsaturated/α-hetero) is 1. The predicted molar refractivity (Wildman–Crippen MR) is 98.8 cm³/mol. The predicted octanol–water partition coefficient (Wildman–Crippen LogP) is 3.09. The van der Waals surface area contributed by atoms with E-state index >= 15 is 0 Å². The van der Waals surface area contributed by atoms with E-state index in [4.69, 9.17) is 9.47 Å². The quantitative estimate of drug-likeness (QED) is 0.562. The van der Waals surface area contributed by atoms with Gasteiger partial charge in [-0.05, 0) is 54.8 Å². The highest BCUT2D eigenvalue weighted by molar-refractivity contribution is 6.17. The van der Waals surface area contributed by atoms with Gasteiger partial charge in [0.25, 0.3) is 0 Å². The van der Waals surface area contributed by atoms with Crippen LogP contribution < -0.4 is 0 Å². The van der Waals surface area contributed by atoms with Crippen LogP contribution in [-0.2, 0) is 29.4 Å². The maximum absolute atomic E-state index is 13.5. The van der Waals surface area contributed by atoms with Gasteiger partial charge >= 0.3 is 11.9 Å². The van der Waals surface area contributed by atoms with Gasteiger partial charge in [-0.2, -0.15) is 0 Å². The smallest absolute Gasteiger partial charge is 0.327 e. The fourth-order valence-corrected chi connectivity index (χ4v) is 3.99. The van der Waals surface area contributed by atoms with Crippen molar-refractivity contribution in [1.29, 1.82) is 0 Å². The lowest BCUT2D eigenvalue weighted by Gasteiger charge is -2.33. The van der Waals surface area contributed by atoms with Crippen LogP contribution in [0.25, 0.3) is 11.3 Å². The van der Waals surface area contributed by atoms with Crippen LogP contribution >= 0.6 is 0 Å². The minimum Gasteiger partial charge on any atom is -0.468 e. The molecule has 0 atom stereocenters. The molecule has 0 N–H and O–H groups in total. The average molecular weight is 387 g/mol. The van der Waals surface area contributed by atoms with Crippen LogP contribution in [0.2, 0.25) is 0 Å². The Morgan fingerprint density at radius 1 is 1.00 bits per heavy atom. The zero-order valence-electron chi connectivity index (χ0n) is 15.8. The molecule has 6 nitrogen and oxygen atoms in total. The molecule has 0 aliphatic heterocycles. The maximum Gasteiger partial charge on any atom is 0.327 e. The van der Waals surface area contributed by atoms with Crippen molar-refractivity contribution in [3.05, 3.63) is 48.4 Å². The van der Waals surface area contributed by atoms with Gasteiger partial charge in [-0.3, -0.25) is 14.4 Å². The third-order valence-corrected chi connectivity index (χ3v) is 5.38. The van der Waals surface area contributed by atoms with Gasteiger partial charge in [-0.25, -0.2) is 4.39 Å². The number of aromatic nitrogens is 1. The Bertz CT molecular complexity index is 864. The molecule has 28 heavy (non-hydrogen) atoms. The van der Waals surface area contributed by atoms with Gasteiger partial charge in [0.1, 0.15) is 11.4 Å². The summed E-state index contributed by atoms with van der Waals surface area (Å²) in [7, 11) is 2.26. The van der Waals surface area contributed by atoms with Crippen molar-refractivity contribution < 1.29 is 28.2 Å². The normalized spacial score (nSPS) is 15.4. The molecule has 1 saturated carbocycles. The fraction of sp³-hybridized carbons (Fsp3) is 0.381. The first-order valence-electron chi connectivity index (χ1n) is 9.08. The summed E-state index contributed by atoms with van der Waals surface area (Å²) in [5, 5.41) is 0. The third-order valence-electron chi connectivity index (χ3n) is 5.38. The van der Waals surface area contributed by atoms with Gasteiger partial charge in [0.05, 0.1) is 14.2 Å². The highest BCUT2D eigenvalue weighted by Gasteiger charge is 2.51. The first-order chi connectivity index (χ1) is 13.4. The van der Waals surface area contributed by atoms with Crippen molar-refractivity contribution in [1.82, 2.24) is 4.57 Å². The molecule has 1 aliphatic rings. The van der Waals surface area contributed by atoms with E-state index in [1.54, 1.807) is 29.0 Å². The molecule has 1 aromatic carbocycles. The molecule has 7 heteroatoms. The standard InChI is InChI=1S/C21H22FNO5/c1-27-19(25)17(20(26)28-2)18(24)21(11-3-4-12-21)23-13-5-6-16(23)14-7-9-15(22)10-8-14/h5-10,13,17H,3-4,11-12H2,1-2H3. The number of halogens is 1. The van der Waals surface area contributed by atoms with Crippen molar-refractivity contribution in [3.8, 4) is 11.3 Å². The zero-order valence-corrected chi connectivity index (χ0v) is 15.8. The number of benzene rings is 1. The van der Waals surface area contributed by atoms with E-state index in [1.165, 1.54) is 12.1 Å². The number of esters is 2. The summed E-state index contributed by atoms with van der Waals surface area (Å²) in [6.07, 6.45) is 4.29. The molecule has 0 spiro atoms. The summed E-state index contributed by atoms with van der Waals surface area (Å²) >= 11 is 0. The Morgan fingerprint density at radius 2 is 1.57 bits per heavy atom. The molecule has 1 aliphatic carbocycles. The van der Waals surface area contributed by atoms with Gasteiger partial charge in [-0.15, -0.1) is 0 Å². The number of nitrogens with zero attached hydrogens (tertiary/aromatic N) is 1. The Balaban J connectivity index is 2.10. The van der Waals surface area contributed by atoms with Crippen molar-refractivity contribution in [2.24, 2.45) is 5.92 Å². The molecule has 148 valence electrons. The zero-order chi connectivity index (χ0) is 20.3. The molecule has 0 amide bonds. The van der Waals surface area contributed by atoms with Gasteiger partial charge in [-0.1, -0.05) is 12.8 Å². The number of carbonyl (C=O) groups is 3. The molecule has 1 fully saturated rings. The molecule has 1 heterocycles. The molecule has 2 aromatic rings. The minimum atomic E-state index is -1.64. The van der Waals surface area contributed by atoms with E-state index in [-0.39, 0.29) is 5.82 Å². The molecule has 1 aromatic heterocycles. The average Bonchev–Trinajstić information content (AvgIpc) is 3.38. The summed E-state index contributed by atoms with van der Waals surface area (Å²) in [4.78, 5) is 38.0. The number of ether oxygens (including phenoxy) is 2. The highest BCUT2D eigenvalue weighted by Crippen LogP contribution is 2.42. The van der Waals surface area contributed by atoms with Crippen LogP contribution in [-0.4, -0.2) is 36.5 Å². The Labute approximate surface area is 162 Å². The summed E-state index contributed by atoms with van der Waals surface area (Å²) in [5.74, 6) is -4.40. The summed E-state index contributed by atoms with van der Waals surface area (Å²) in [5.41, 5.74) is 0.377. The van der Waals surface area contributed by atoms with Gasteiger partial charge in [0.15, 0.2) is 5.78 Å². The molecule has 0 saturated heterocycles. The van der Waals surface area contributed by atoms with E-state index in [0.29, 0.717) is 18.5 Å². The lowest BCUT2D eigenvalue weighted by molar-refractivity contribution is -0.163. The molecular formula is C21H22FNO5. The number of rotatable bonds is 6. The highest BCUT2D eigenvalue weighted by atomic mass is 19.1. The third kappa shape index (κ3) is 3.32. The monoisotopic (exact) mass is 387 g/mol. The Morgan fingerprint density at radius 3 is 2.11 bits per heavy atom. The molecule has 3 rings (SSSR count). The molecular weight excluding hydrogens is 365 g/mol. The van der Waals surface area contributed by atoms with Crippen molar-refractivity contribution in [2.75, 3.05) is 14.2 Å². The number of ketones is 1. The van der Waals surface area contributed by atoms with E-state index in [2.05, 4.69) is 0 Å². The van der Waals surface area contributed by atoms with Crippen molar-refractivity contribution in [3.63, 3.8) is 0 Å². The van der Waals surface area contributed by atoms with E-state index in [0.717, 1.165) is 32.6 Å². The fourth-order valence-electron chi connectivity index (χ4n) is 3.99. The van der Waals surface area contributed by atoms with Crippen LogP contribution in [0.1, 0.15) is 25.7 Å². The summed E-state index contributed by atoms with van der Waals surface area (Å²) < 4.78 is 24.5.